The van der Waals surface area contributed by atoms with Crippen molar-refractivity contribution < 1.29 is 4.84 Å². The summed E-state index contributed by atoms with van der Waals surface area (Å²) < 4.78 is 0. The highest BCUT2D eigenvalue weighted by Gasteiger charge is 2.38. The summed E-state index contributed by atoms with van der Waals surface area (Å²) in [6, 6.07) is 12.2. The van der Waals surface area contributed by atoms with E-state index in [1.54, 1.807) is 18.3 Å². The van der Waals surface area contributed by atoms with Crippen molar-refractivity contribution >= 4 is 5.96 Å². The number of hydrogen-bond donors (Lipinski definition) is 1. The highest BCUT2D eigenvalue weighted by atomic mass is 16.7. The van der Waals surface area contributed by atoms with E-state index in [0.717, 1.165) is 16.7 Å². The van der Waals surface area contributed by atoms with Crippen molar-refractivity contribution in [2.24, 2.45) is 4.99 Å². The van der Waals surface area contributed by atoms with E-state index in [-0.39, 0.29) is 0 Å². The fourth-order valence-corrected chi connectivity index (χ4v) is 2.48. The van der Waals surface area contributed by atoms with Gasteiger partial charge in [0.15, 0.2) is 5.72 Å². The second-order valence-electron chi connectivity index (χ2n) is 5.12. The number of aliphatic imine (C=N–C) groups is 1. The molecular weight excluding hydrogens is 264 g/mol. The number of guanidine groups is 1. The monoisotopic (exact) mass is 282 g/mol. The number of aromatic nitrogens is 1. The average Bonchev–Trinajstić information content (AvgIpc) is 2.84. The van der Waals surface area contributed by atoms with Crippen molar-refractivity contribution in [3.05, 3.63) is 54.4 Å². The largest absolute Gasteiger partial charge is 0.321 e. The number of pyridine rings is 1. The van der Waals surface area contributed by atoms with E-state index in [4.69, 9.17) is 4.84 Å². The molecule has 0 aliphatic carbocycles. The summed E-state index contributed by atoms with van der Waals surface area (Å²) in [5, 5.41) is 4.95. The van der Waals surface area contributed by atoms with Crippen LogP contribution in [0.5, 0.6) is 0 Å². The quantitative estimate of drug-likeness (QED) is 0.918. The van der Waals surface area contributed by atoms with Gasteiger partial charge >= 0.3 is 0 Å². The summed E-state index contributed by atoms with van der Waals surface area (Å²) in [6.07, 6.45) is 3.63. The van der Waals surface area contributed by atoms with Crippen molar-refractivity contribution in [1.29, 1.82) is 0 Å². The predicted octanol–water partition coefficient (Wildman–Crippen LogP) is 2.37. The lowest BCUT2D eigenvalue weighted by atomic mass is 9.99. The van der Waals surface area contributed by atoms with Crippen molar-refractivity contribution in [2.45, 2.75) is 12.6 Å². The lowest BCUT2D eigenvalue weighted by Gasteiger charge is -2.23. The zero-order chi connectivity index (χ0) is 14.9. The zero-order valence-electron chi connectivity index (χ0n) is 12.4. The first-order valence-corrected chi connectivity index (χ1v) is 6.81. The molecule has 3 rings (SSSR count). The first kappa shape index (κ1) is 13.6. The van der Waals surface area contributed by atoms with Gasteiger partial charge in [0.25, 0.3) is 0 Å². The van der Waals surface area contributed by atoms with Gasteiger partial charge in [0.2, 0.25) is 5.96 Å². The molecule has 1 unspecified atom stereocenters. The third-order valence-electron chi connectivity index (χ3n) is 3.59. The molecule has 5 heteroatoms. The number of rotatable bonds is 2. The number of hydroxylamine groups is 2. The Morgan fingerprint density at radius 2 is 2.05 bits per heavy atom. The van der Waals surface area contributed by atoms with Gasteiger partial charge in [-0.05, 0) is 30.2 Å². The van der Waals surface area contributed by atoms with Crippen LogP contribution in [0.2, 0.25) is 0 Å². The van der Waals surface area contributed by atoms with Crippen LogP contribution in [-0.4, -0.2) is 30.1 Å². The van der Waals surface area contributed by atoms with Crippen LogP contribution in [0.1, 0.15) is 12.5 Å². The summed E-state index contributed by atoms with van der Waals surface area (Å²) in [6.45, 7) is 1.99. The lowest BCUT2D eigenvalue weighted by molar-refractivity contribution is -0.161. The minimum atomic E-state index is -0.623. The van der Waals surface area contributed by atoms with Gasteiger partial charge in [0, 0.05) is 32.1 Å². The molecule has 1 aromatic carbocycles. The summed E-state index contributed by atoms with van der Waals surface area (Å²) >= 11 is 0. The van der Waals surface area contributed by atoms with Gasteiger partial charge in [-0.2, -0.15) is 0 Å². The molecule has 1 fully saturated rings. The third-order valence-corrected chi connectivity index (χ3v) is 3.59. The SMILES string of the molecule is C/N=C1/NC(C)(c2cccc(-c3cccnc3)c2)ON1C. The van der Waals surface area contributed by atoms with E-state index >= 15 is 0 Å². The number of benzene rings is 1. The predicted molar refractivity (Wildman–Crippen MR) is 82.4 cm³/mol. The van der Waals surface area contributed by atoms with Crippen LogP contribution in [-0.2, 0) is 10.6 Å². The Labute approximate surface area is 124 Å². The normalized spacial score (nSPS) is 23.4. The van der Waals surface area contributed by atoms with Crippen molar-refractivity contribution in [2.75, 3.05) is 14.1 Å². The fraction of sp³-hybridized carbons (Fsp3) is 0.250. The Morgan fingerprint density at radius 1 is 1.24 bits per heavy atom. The molecule has 0 amide bonds. The molecule has 108 valence electrons. The molecule has 0 bridgehead atoms. The molecule has 1 saturated heterocycles. The molecule has 1 atom stereocenters. The third kappa shape index (κ3) is 2.48. The summed E-state index contributed by atoms with van der Waals surface area (Å²) in [5.41, 5.74) is 2.60. The molecule has 1 aliphatic rings. The summed E-state index contributed by atoms with van der Waals surface area (Å²) in [4.78, 5) is 14.2. The highest BCUT2D eigenvalue weighted by molar-refractivity contribution is 5.81. The van der Waals surface area contributed by atoms with Gasteiger partial charge < -0.3 is 5.32 Å². The molecule has 2 aromatic rings. The molecule has 21 heavy (non-hydrogen) atoms. The Balaban J connectivity index is 1.97. The molecule has 1 aromatic heterocycles. The Kier molecular flexibility index (Phi) is 3.35. The van der Waals surface area contributed by atoms with Crippen molar-refractivity contribution in [3.8, 4) is 11.1 Å². The molecule has 0 saturated carbocycles. The van der Waals surface area contributed by atoms with E-state index in [9.17, 15) is 0 Å². The van der Waals surface area contributed by atoms with Crippen LogP contribution in [0.25, 0.3) is 11.1 Å². The molecule has 0 spiro atoms. The Hall–Kier alpha value is -2.40. The van der Waals surface area contributed by atoms with Crippen LogP contribution in [0.15, 0.2) is 53.8 Å². The van der Waals surface area contributed by atoms with Crippen LogP contribution in [0, 0.1) is 0 Å². The molecular formula is C16H18N4O. The van der Waals surface area contributed by atoms with Crippen LogP contribution >= 0.6 is 0 Å². The summed E-state index contributed by atoms with van der Waals surface area (Å²) in [5.74, 6) is 0.712. The molecule has 5 nitrogen and oxygen atoms in total. The lowest BCUT2D eigenvalue weighted by Crippen LogP contribution is -2.36. The standard InChI is InChI=1S/C16H18N4O/c1-16(19-15(17-2)20(3)21-16)14-8-4-6-12(10-14)13-7-5-9-18-11-13/h4-11H,1-3H3,(H,17,19). The Morgan fingerprint density at radius 3 is 2.71 bits per heavy atom. The number of nitrogens with one attached hydrogen (secondary N) is 1. The van der Waals surface area contributed by atoms with Gasteiger partial charge in [-0.1, -0.05) is 24.3 Å². The van der Waals surface area contributed by atoms with Crippen molar-refractivity contribution in [1.82, 2.24) is 15.4 Å². The topological polar surface area (TPSA) is 49.8 Å². The van der Waals surface area contributed by atoms with Gasteiger partial charge in [0.1, 0.15) is 0 Å². The van der Waals surface area contributed by atoms with Gasteiger partial charge in [-0.25, -0.2) is 9.90 Å². The maximum atomic E-state index is 5.91. The van der Waals surface area contributed by atoms with Gasteiger partial charge in [0.05, 0.1) is 0 Å². The fourth-order valence-electron chi connectivity index (χ4n) is 2.48. The number of nitrogens with zero attached hydrogens (tertiary/aromatic N) is 3. The van der Waals surface area contributed by atoms with Crippen LogP contribution in [0.3, 0.4) is 0 Å². The van der Waals surface area contributed by atoms with E-state index in [2.05, 4.69) is 27.4 Å². The molecule has 1 N–H and O–H groups in total. The first-order chi connectivity index (χ1) is 10.1. The van der Waals surface area contributed by atoms with E-state index in [0.29, 0.717) is 5.96 Å². The summed E-state index contributed by atoms with van der Waals surface area (Å²) in [7, 11) is 3.57. The smallest absolute Gasteiger partial charge is 0.220 e. The average molecular weight is 282 g/mol. The van der Waals surface area contributed by atoms with Crippen molar-refractivity contribution in [3.63, 3.8) is 0 Å². The van der Waals surface area contributed by atoms with Crippen LogP contribution < -0.4 is 5.32 Å². The molecule has 0 radical (unpaired) electrons. The first-order valence-electron chi connectivity index (χ1n) is 6.81. The van der Waals surface area contributed by atoms with Gasteiger partial charge in [-0.15, -0.1) is 0 Å². The minimum absolute atomic E-state index is 0.623. The van der Waals surface area contributed by atoms with Crippen LogP contribution in [0.4, 0.5) is 0 Å². The maximum absolute atomic E-state index is 5.91. The maximum Gasteiger partial charge on any atom is 0.220 e. The number of hydrogen-bond acceptors (Lipinski definition) is 3. The highest BCUT2D eigenvalue weighted by Crippen LogP contribution is 2.30. The van der Waals surface area contributed by atoms with E-state index in [1.807, 2.05) is 44.4 Å². The van der Waals surface area contributed by atoms with E-state index < -0.39 is 5.72 Å². The second-order valence-corrected chi connectivity index (χ2v) is 5.12. The zero-order valence-corrected chi connectivity index (χ0v) is 12.4. The van der Waals surface area contributed by atoms with Gasteiger partial charge in [-0.3, -0.25) is 9.98 Å². The Bertz CT molecular complexity index is 671. The minimum Gasteiger partial charge on any atom is -0.321 e. The van der Waals surface area contributed by atoms with E-state index in [1.165, 1.54) is 0 Å². The molecule has 2 heterocycles. The second kappa shape index (κ2) is 5.18. The molecule has 1 aliphatic heterocycles.